The lowest BCUT2D eigenvalue weighted by Crippen LogP contribution is -2.17. The van der Waals surface area contributed by atoms with Crippen LogP contribution in [0.3, 0.4) is 0 Å². The highest BCUT2D eigenvalue weighted by Gasteiger charge is 2.06. The first kappa shape index (κ1) is 19.7. The lowest BCUT2D eigenvalue weighted by atomic mass is 10.2. The summed E-state index contributed by atoms with van der Waals surface area (Å²) < 4.78 is 12.9. The third kappa shape index (κ3) is 4.67. The number of pyridine rings is 2. The maximum Gasteiger partial charge on any atom is 0.258 e. The van der Waals surface area contributed by atoms with Gasteiger partial charge in [0.25, 0.3) is 5.56 Å². The molecule has 2 aromatic heterocycles. The predicted octanol–water partition coefficient (Wildman–Crippen LogP) is 3.56. The van der Waals surface area contributed by atoms with Gasteiger partial charge < -0.3 is 14.8 Å². The Morgan fingerprint density at radius 2 is 1.83 bits per heavy atom. The Morgan fingerprint density at radius 1 is 0.967 bits per heavy atom. The molecule has 0 unspecified atom stereocenters. The van der Waals surface area contributed by atoms with Gasteiger partial charge in [-0.05, 0) is 42.9 Å². The fourth-order valence-corrected chi connectivity index (χ4v) is 3.09. The summed E-state index contributed by atoms with van der Waals surface area (Å²) in [5.74, 6) is 1.13. The Bertz CT molecular complexity index is 1190. The van der Waals surface area contributed by atoms with Gasteiger partial charge in [-0.3, -0.25) is 9.36 Å². The number of hydrogen-bond acceptors (Lipinski definition) is 5. The zero-order chi connectivity index (χ0) is 20.8. The average Bonchev–Trinajstić information content (AvgIpc) is 2.78. The summed E-state index contributed by atoms with van der Waals surface area (Å²) in [7, 11) is 1.88. The molecular weight excluding hydrogens is 378 g/mol. The lowest BCUT2D eigenvalue weighted by molar-refractivity contribution is 0.305. The number of benzene rings is 2. The minimum Gasteiger partial charge on any atom is -0.489 e. The molecule has 2 heterocycles. The van der Waals surface area contributed by atoms with Crippen molar-refractivity contribution >= 4 is 10.9 Å². The highest BCUT2D eigenvalue weighted by atomic mass is 16.5. The van der Waals surface area contributed by atoms with Crippen molar-refractivity contribution in [2.24, 2.45) is 0 Å². The number of nitrogens with one attached hydrogen (secondary N) is 1. The second-order valence-corrected chi connectivity index (χ2v) is 6.82. The minimum atomic E-state index is -0.153. The smallest absolute Gasteiger partial charge is 0.258 e. The van der Waals surface area contributed by atoms with Crippen molar-refractivity contribution in [3.63, 3.8) is 0 Å². The third-order valence-corrected chi connectivity index (χ3v) is 4.67. The van der Waals surface area contributed by atoms with Gasteiger partial charge in [-0.1, -0.05) is 30.3 Å². The van der Waals surface area contributed by atoms with E-state index in [1.54, 1.807) is 16.8 Å². The van der Waals surface area contributed by atoms with Crippen LogP contribution < -0.4 is 20.3 Å². The quantitative estimate of drug-likeness (QED) is 0.457. The maximum absolute atomic E-state index is 12.6. The summed E-state index contributed by atoms with van der Waals surface area (Å²) in [5, 5.41) is 3.97. The lowest BCUT2D eigenvalue weighted by Gasteiger charge is -2.10. The molecule has 0 fully saturated rings. The van der Waals surface area contributed by atoms with Crippen LogP contribution in [0.25, 0.3) is 16.6 Å². The second-order valence-electron chi connectivity index (χ2n) is 6.82. The molecule has 1 N–H and O–H groups in total. The molecule has 152 valence electrons. The van der Waals surface area contributed by atoms with Crippen molar-refractivity contribution in [2.45, 2.75) is 6.61 Å². The average molecular weight is 401 g/mol. The fraction of sp³-hybridized carbons (Fsp3) is 0.167. The van der Waals surface area contributed by atoms with Gasteiger partial charge in [-0.25, -0.2) is 4.98 Å². The molecule has 0 aliphatic rings. The van der Waals surface area contributed by atoms with E-state index in [4.69, 9.17) is 9.47 Å². The van der Waals surface area contributed by atoms with Gasteiger partial charge in [0.05, 0.1) is 5.52 Å². The summed E-state index contributed by atoms with van der Waals surface area (Å²) in [6, 6.07) is 22.6. The molecule has 0 aliphatic carbocycles. The molecule has 0 amide bonds. The molecule has 6 heteroatoms. The molecule has 4 aromatic rings. The van der Waals surface area contributed by atoms with Crippen LogP contribution in [-0.4, -0.2) is 29.8 Å². The summed E-state index contributed by atoms with van der Waals surface area (Å²) in [4.78, 5) is 17.1. The Balaban J connectivity index is 1.51. The van der Waals surface area contributed by atoms with Gasteiger partial charge >= 0.3 is 0 Å². The number of rotatable bonds is 8. The zero-order valence-electron chi connectivity index (χ0n) is 16.7. The van der Waals surface area contributed by atoms with Crippen LogP contribution in [-0.2, 0) is 6.61 Å². The number of fused-ring (bicyclic) bond motifs is 1. The van der Waals surface area contributed by atoms with Crippen molar-refractivity contribution in [2.75, 3.05) is 20.2 Å². The predicted molar refractivity (Wildman–Crippen MR) is 118 cm³/mol. The topological polar surface area (TPSA) is 65.4 Å². The molecule has 0 radical (unpaired) electrons. The van der Waals surface area contributed by atoms with Gasteiger partial charge in [0.15, 0.2) is 0 Å². The Kier molecular flexibility index (Phi) is 6.06. The Morgan fingerprint density at radius 3 is 2.63 bits per heavy atom. The van der Waals surface area contributed by atoms with Crippen molar-refractivity contribution in [1.29, 1.82) is 0 Å². The number of hydrogen-bond donors (Lipinski definition) is 1. The van der Waals surface area contributed by atoms with Crippen LogP contribution in [0.5, 0.6) is 11.6 Å². The van der Waals surface area contributed by atoms with Crippen LogP contribution in [0.15, 0.2) is 83.8 Å². The van der Waals surface area contributed by atoms with Crippen molar-refractivity contribution in [3.05, 3.63) is 94.9 Å². The molecule has 0 atom stereocenters. The van der Waals surface area contributed by atoms with E-state index in [1.165, 1.54) is 6.07 Å². The highest BCUT2D eigenvalue weighted by molar-refractivity contribution is 5.81. The van der Waals surface area contributed by atoms with E-state index in [1.807, 2.05) is 67.7 Å². The van der Waals surface area contributed by atoms with E-state index in [9.17, 15) is 4.79 Å². The fourth-order valence-electron chi connectivity index (χ4n) is 3.09. The largest absolute Gasteiger partial charge is 0.489 e. The van der Waals surface area contributed by atoms with Gasteiger partial charge in [-0.15, -0.1) is 0 Å². The Labute approximate surface area is 174 Å². The molecule has 0 saturated heterocycles. The first-order valence-corrected chi connectivity index (χ1v) is 9.81. The van der Waals surface area contributed by atoms with Gasteiger partial charge in [0, 0.05) is 35.9 Å². The van der Waals surface area contributed by atoms with E-state index in [-0.39, 0.29) is 5.56 Å². The molecule has 0 saturated carbocycles. The SMILES string of the molecule is CNCCOc1ccc2cc(-n3ccc(OCc4ccccc4)cc3=O)ccc2n1. The molecule has 0 aliphatic heterocycles. The van der Waals surface area contributed by atoms with Crippen molar-refractivity contribution in [1.82, 2.24) is 14.9 Å². The first-order valence-electron chi connectivity index (χ1n) is 9.81. The van der Waals surface area contributed by atoms with E-state index in [2.05, 4.69) is 10.3 Å². The van der Waals surface area contributed by atoms with Gasteiger partial charge in [-0.2, -0.15) is 0 Å². The minimum absolute atomic E-state index is 0.153. The number of likely N-dealkylation sites (N-methyl/N-ethyl adjacent to an activating group) is 1. The Hall–Kier alpha value is -3.64. The summed E-state index contributed by atoms with van der Waals surface area (Å²) in [6.07, 6.45) is 1.73. The third-order valence-electron chi connectivity index (χ3n) is 4.67. The maximum atomic E-state index is 12.6. The molecule has 0 spiro atoms. The first-order chi connectivity index (χ1) is 14.7. The number of aromatic nitrogens is 2. The molecular formula is C24H23N3O3. The number of ether oxygens (including phenoxy) is 2. The monoisotopic (exact) mass is 401 g/mol. The van der Waals surface area contributed by atoms with E-state index in [0.29, 0.717) is 24.8 Å². The van der Waals surface area contributed by atoms with Crippen molar-refractivity contribution in [3.8, 4) is 17.3 Å². The van der Waals surface area contributed by atoms with E-state index in [0.717, 1.165) is 28.7 Å². The van der Waals surface area contributed by atoms with Gasteiger partial charge in [0.1, 0.15) is 19.0 Å². The summed E-state index contributed by atoms with van der Waals surface area (Å²) >= 11 is 0. The zero-order valence-corrected chi connectivity index (χ0v) is 16.7. The van der Waals surface area contributed by atoms with Gasteiger partial charge in [0.2, 0.25) is 5.88 Å². The van der Waals surface area contributed by atoms with Crippen LogP contribution in [0.2, 0.25) is 0 Å². The normalized spacial score (nSPS) is 10.8. The molecule has 2 aromatic carbocycles. The summed E-state index contributed by atoms with van der Waals surface area (Å²) in [5.41, 5.74) is 2.49. The van der Waals surface area contributed by atoms with E-state index >= 15 is 0 Å². The number of nitrogens with zero attached hydrogens (tertiary/aromatic N) is 2. The van der Waals surface area contributed by atoms with E-state index < -0.39 is 0 Å². The molecule has 30 heavy (non-hydrogen) atoms. The second kappa shape index (κ2) is 9.24. The summed E-state index contributed by atoms with van der Waals surface area (Å²) in [6.45, 7) is 1.73. The molecule has 0 bridgehead atoms. The van der Waals surface area contributed by atoms with Crippen LogP contribution in [0.1, 0.15) is 5.56 Å². The van der Waals surface area contributed by atoms with Crippen molar-refractivity contribution < 1.29 is 9.47 Å². The van der Waals surface area contributed by atoms with Crippen LogP contribution in [0, 0.1) is 0 Å². The van der Waals surface area contributed by atoms with Crippen LogP contribution >= 0.6 is 0 Å². The standard InChI is InChI=1S/C24H23N3O3/c1-25-12-14-29-23-10-7-19-15-20(8-9-22(19)26-23)27-13-11-21(16-24(27)28)30-17-18-5-3-2-4-6-18/h2-11,13,15-16,25H,12,14,17H2,1H3. The van der Waals surface area contributed by atoms with Crippen LogP contribution in [0.4, 0.5) is 0 Å². The molecule has 6 nitrogen and oxygen atoms in total. The molecule has 4 rings (SSSR count). The highest BCUT2D eigenvalue weighted by Crippen LogP contribution is 2.20.